The highest BCUT2D eigenvalue weighted by Crippen LogP contribution is 2.79. The van der Waals surface area contributed by atoms with Gasteiger partial charge in [-0.1, -0.05) is 65.2 Å². The van der Waals surface area contributed by atoms with Gasteiger partial charge in [0.15, 0.2) is 17.5 Å². The van der Waals surface area contributed by atoms with E-state index in [1.165, 1.54) is 16.9 Å². The van der Waals surface area contributed by atoms with E-state index in [4.69, 9.17) is 19.4 Å². The van der Waals surface area contributed by atoms with Gasteiger partial charge in [0.1, 0.15) is 29.0 Å². The minimum atomic E-state index is -2.53. The van der Waals surface area contributed by atoms with Gasteiger partial charge in [-0.05, 0) is 171 Å². The molecule has 0 amide bonds. The van der Waals surface area contributed by atoms with Gasteiger partial charge in [0.2, 0.25) is 5.78 Å². The van der Waals surface area contributed by atoms with Crippen LogP contribution in [0, 0.1) is 64.1 Å². The van der Waals surface area contributed by atoms with E-state index in [0.717, 1.165) is 112 Å². The average molecular weight is 1190 g/mol. The van der Waals surface area contributed by atoms with Crippen molar-refractivity contribution in [3.63, 3.8) is 0 Å². The lowest BCUT2D eigenvalue weighted by atomic mass is 9.49. The Hall–Kier alpha value is -5.42. The second kappa shape index (κ2) is 17.1. The first kappa shape index (κ1) is 52.5. The second-order valence-corrected chi connectivity index (χ2v) is 32.0. The lowest BCUT2D eigenvalue weighted by Gasteiger charge is -2.66. The van der Waals surface area contributed by atoms with E-state index in [9.17, 15) is 30.6 Å². The number of benzene rings is 2. The van der Waals surface area contributed by atoms with Crippen molar-refractivity contribution >= 4 is 55.3 Å². The largest absolute Gasteiger partial charge is 0.507 e. The Balaban J connectivity index is 0.989. The third kappa shape index (κ3) is 6.05. The Morgan fingerprint density at radius 1 is 0.837 bits per heavy atom. The number of ketones is 2. The Labute approximate surface area is 505 Å². The molecule has 5 saturated carbocycles. The molecule has 444 valence electrons. The molecule has 15 atom stereocenters. The predicted molar refractivity (Wildman–Crippen MR) is 323 cm³/mol. The summed E-state index contributed by atoms with van der Waals surface area (Å²) < 4.78 is 15.5. The Morgan fingerprint density at radius 3 is 2.52 bits per heavy atom. The smallest absolute Gasteiger partial charge is 0.261 e. The molecule has 5 aromatic rings. The number of hydrogen-bond acceptors (Lipinski definition) is 15. The first-order chi connectivity index (χ1) is 41.6. The van der Waals surface area contributed by atoms with Crippen molar-refractivity contribution in [2.45, 2.75) is 175 Å². The summed E-state index contributed by atoms with van der Waals surface area (Å²) in [6, 6.07) is 8.79. The Morgan fingerprint density at radius 2 is 1.67 bits per heavy atom. The van der Waals surface area contributed by atoms with Crippen molar-refractivity contribution in [1.29, 1.82) is 0 Å². The number of ether oxygens (including phenoxy) is 2. The van der Waals surface area contributed by atoms with Crippen LogP contribution in [0.5, 0.6) is 11.5 Å². The number of fused-ring (bicyclic) bond motifs is 10. The van der Waals surface area contributed by atoms with E-state index in [1.807, 2.05) is 6.33 Å². The van der Waals surface area contributed by atoms with Crippen LogP contribution in [0.4, 0.5) is 5.82 Å². The first-order valence-electron chi connectivity index (χ1n) is 32.0. The van der Waals surface area contributed by atoms with Crippen molar-refractivity contribution < 1.29 is 49.7 Å². The number of aromatic amines is 2. The molecule has 16 aliphatic rings. The second-order valence-electron chi connectivity index (χ2n) is 29.5. The van der Waals surface area contributed by atoms with Crippen LogP contribution in [0.3, 0.4) is 0 Å². The number of aliphatic hydroxyl groups is 5. The fourth-order valence-corrected chi connectivity index (χ4v) is 25.6. The molecule has 3 aromatic heterocycles. The summed E-state index contributed by atoms with van der Waals surface area (Å²) in [7, 11) is 3.00. The normalized spacial score (nSPS) is 40.9. The maximum atomic E-state index is 15.7. The van der Waals surface area contributed by atoms with Crippen LogP contribution in [0.2, 0.25) is 0 Å². The van der Waals surface area contributed by atoms with E-state index in [1.54, 1.807) is 48.2 Å². The standard InChI is InChI=1S/C69H71N5O10S2/c1-33-20-38-49(45(75)21-33)56(78)51-46-23-37-36(50(51)55(38)77)12-19-70-58(37)71-27-48(76)65-30-63(15-4-5-16-63)42-11-7-9-35-8-6-10-41-34-22-44-57(73-32-72-44)68(35,41)47-24-39(52(42)65)54(74-47)40-25-67(83-46)60(80)66(82,31-86-85-28-34)61(81)69(84-67)53(40)43(65)26-64(59(69)79)18-17-62(29-64)13-2-3-14-62/h12,19-21,23-25,32,34-35,41-42,48,52,59-61,74-76,79-82H,2-6,8-10,13-18,22,26-31H2,1H3,(H,70,71)(H,72,73)/t34-,35-,41-,42-,48-,52+,59+,60-,61+,64-,65-,66-,67-,68-,69-/m1/s1. The van der Waals surface area contributed by atoms with Crippen LogP contribution in [-0.2, 0) is 16.6 Å². The quantitative estimate of drug-likeness (QED) is 0.0508. The van der Waals surface area contributed by atoms with Gasteiger partial charge >= 0.3 is 0 Å². The van der Waals surface area contributed by atoms with Crippen molar-refractivity contribution in [1.82, 2.24) is 19.9 Å². The zero-order valence-corrected chi connectivity index (χ0v) is 49.8. The topological polar surface area (TPSA) is 243 Å². The minimum Gasteiger partial charge on any atom is -0.507 e. The highest BCUT2D eigenvalue weighted by atomic mass is 33.1. The molecule has 0 unspecified atom stereocenters. The number of anilines is 1. The Kier molecular flexibility index (Phi) is 10.4. The van der Waals surface area contributed by atoms with E-state index < -0.39 is 75.1 Å². The van der Waals surface area contributed by atoms with Gasteiger partial charge in [-0.2, -0.15) is 0 Å². The summed E-state index contributed by atoms with van der Waals surface area (Å²) in [5.74, 6) is 4.35. The molecular weight excluding hydrogens is 1120 g/mol. The number of H-pyrrole nitrogens is 2. The molecule has 6 aliphatic heterocycles. The molecule has 17 heteroatoms. The molecule has 21 rings (SSSR count). The van der Waals surface area contributed by atoms with E-state index >= 15 is 9.59 Å². The van der Waals surface area contributed by atoms with Crippen molar-refractivity contribution in [3.05, 3.63) is 116 Å². The number of nitrogens with one attached hydrogen (secondary N) is 3. The number of phenolic OH excluding ortho intramolecular Hbond substituents is 1. The number of imidazole rings is 1. The lowest BCUT2D eigenvalue weighted by molar-refractivity contribution is -0.386. The molecule has 6 fully saturated rings. The molecule has 0 radical (unpaired) electrons. The maximum Gasteiger partial charge on any atom is 0.261 e. The number of carbonyl (C=O) groups excluding carboxylic acids is 2. The number of aryl methyl sites for hydroxylation is 1. The molecule has 10 aliphatic carbocycles. The number of phenols is 1. The number of hydrogen-bond donors (Lipinski definition) is 9. The number of nitrogens with zero attached hydrogens (tertiary/aromatic N) is 2. The van der Waals surface area contributed by atoms with Gasteiger partial charge < -0.3 is 55.4 Å². The highest BCUT2D eigenvalue weighted by molar-refractivity contribution is 8.76. The molecule has 15 nitrogen and oxygen atoms in total. The number of aromatic hydroxyl groups is 1. The molecule has 9 N–H and O–H groups in total. The molecule has 14 bridgehead atoms. The van der Waals surface area contributed by atoms with Gasteiger partial charge in [-0.15, -0.1) is 5.92 Å². The van der Waals surface area contributed by atoms with Gasteiger partial charge in [0, 0.05) is 92.5 Å². The third-order valence-corrected chi connectivity index (χ3v) is 28.5. The molecule has 7 spiro atoms. The van der Waals surface area contributed by atoms with E-state index in [-0.39, 0.29) is 80.6 Å². The summed E-state index contributed by atoms with van der Waals surface area (Å²) in [6.07, 6.45) is 13.9. The van der Waals surface area contributed by atoms with E-state index in [0.29, 0.717) is 76.9 Å². The van der Waals surface area contributed by atoms with Crippen LogP contribution >= 0.6 is 21.6 Å². The zero-order valence-electron chi connectivity index (χ0n) is 48.2. The van der Waals surface area contributed by atoms with Gasteiger partial charge in [0.25, 0.3) is 5.79 Å². The van der Waals surface area contributed by atoms with Crippen LogP contribution in [0.25, 0.3) is 16.3 Å². The van der Waals surface area contributed by atoms with Crippen molar-refractivity contribution in [2.24, 2.45) is 45.3 Å². The van der Waals surface area contributed by atoms with Crippen LogP contribution < -0.4 is 10.1 Å². The number of rotatable bonds is 0. The molecule has 9 heterocycles. The molecule has 2 aromatic carbocycles. The monoisotopic (exact) mass is 1190 g/mol. The number of aromatic nitrogens is 4. The molecular formula is C69H71N5O10S2. The summed E-state index contributed by atoms with van der Waals surface area (Å²) in [5.41, 5.74) is -0.912. The molecule has 1 saturated heterocycles. The summed E-state index contributed by atoms with van der Waals surface area (Å²) >= 11 is 0. The van der Waals surface area contributed by atoms with Crippen molar-refractivity contribution in [3.8, 4) is 23.3 Å². The summed E-state index contributed by atoms with van der Waals surface area (Å²) in [5, 5.41) is 88.2. The Bertz CT molecular complexity index is 4070. The summed E-state index contributed by atoms with van der Waals surface area (Å²) in [4.78, 5) is 49.4. The maximum absolute atomic E-state index is 15.7. The lowest BCUT2D eigenvalue weighted by Crippen LogP contribution is -2.83. The number of pyridine rings is 1. The average Bonchev–Trinajstić information content (AvgIpc) is 1.30. The zero-order chi connectivity index (χ0) is 58.0. The summed E-state index contributed by atoms with van der Waals surface area (Å²) in [6.45, 7) is 1.73. The van der Waals surface area contributed by atoms with E-state index in [2.05, 4.69) is 33.2 Å². The van der Waals surface area contributed by atoms with Gasteiger partial charge in [0.05, 0.1) is 40.8 Å². The van der Waals surface area contributed by atoms with Gasteiger partial charge in [-0.25, -0.2) is 9.97 Å². The highest BCUT2D eigenvalue weighted by Gasteiger charge is 2.80. The van der Waals surface area contributed by atoms with Crippen LogP contribution in [0.15, 0.2) is 60.1 Å². The van der Waals surface area contributed by atoms with Crippen molar-refractivity contribution in [2.75, 3.05) is 23.4 Å². The molecule has 86 heavy (non-hydrogen) atoms. The number of aliphatic hydroxyl groups excluding tert-OH is 4. The number of carbonyl (C=O) groups is 2. The third-order valence-electron chi connectivity index (χ3n) is 25.9. The first-order valence-corrected chi connectivity index (χ1v) is 34.5. The SMILES string of the molecule is Cc1cc(O)c2c(c1)C(=O)c1c(c3cc4c(nccc14)NC[C@@H](O)[C@@]14CC5(CCCC5)[C@@H]5C#CC[C@H]6CCC[C@@H]7[C@H]8CSSC[C@@]9(O)[C@@H](O)[C@]%10(C=C(C%11=C1C[C@@]1(CCC%12(CCCC%12)C1)[C@H](O)[C@@]%11(O%10)[C@H]9O)c1[nH]c(cc1[C@@H]54)[C@@]67c1nc[nH]c1C8)O3)C2=O. The van der Waals surface area contributed by atoms with Gasteiger partial charge in [-0.3, -0.25) is 9.59 Å². The van der Waals surface area contributed by atoms with Crippen LogP contribution in [0.1, 0.15) is 181 Å². The predicted octanol–water partition coefficient (Wildman–Crippen LogP) is 9.39. The van der Waals surface area contributed by atoms with Crippen LogP contribution in [-0.4, -0.2) is 122 Å². The fourth-order valence-electron chi connectivity index (χ4n) is 22.8. The minimum absolute atomic E-state index is 0.00538. The fraction of sp³-hybridized carbons (Fsp3) is 0.565.